The highest BCUT2D eigenvalue weighted by atomic mass is 32.1. The van der Waals surface area contributed by atoms with Crippen molar-refractivity contribution in [3.05, 3.63) is 59.7 Å². The van der Waals surface area contributed by atoms with Crippen LogP contribution in [0.25, 0.3) is 0 Å². The molecule has 1 unspecified atom stereocenters. The lowest BCUT2D eigenvalue weighted by Gasteiger charge is -2.15. The fourth-order valence-corrected chi connectivity index (χ4v) is 4.43. The number of hydrogen-bond acceptors (Lipinski definition) is 6. The zero-order valence-electron chi connectivity index (χ0n) is 20.0. The van der Waals surface area contributed by atoms with Gasteiger partial charge in [-0.3, -0.25) is 14.6 Å². The van der Waals surface area contributed by atoms with Crippen LogP contribution in [-0.4, -0.2) is 62.1 Å². The molecule has 1 atom stereocenters. The molecule has 194 valence electrons. The first-order chi connectivity index (χ1) is 17.7. The molecular formula is C25H28N6O5S. The van der Waals surface area contributed by atoms with Crippen LogP contribution < -0.4 is 22.1 Å². The first-order valence-electron chi connectivity index (χ1n) is 11.4. The van der Waals surface area contributed by atoms with Gasteiger partial charge in [0, 0.05) is 40.6 Å². The van der Waals surface area contributed by atoms with Crippen LogP contribution in [0.3, 0.4) is 0 Å². The minimum atomic E-state index is -1.75. The maximum atomic E-state index is 12.9. The number of nitrogens with zero attached hydrogens (tertiary/aromatic N) is 2. The number of carboxylic acids is 1. The molecule has 2 aromatic carbocycles. The predicted molar refractivity (Wildman–Crippen MR) is 146 cm³/mol. The molecule has 0 fully saturated rings. The number of rotatable bonds is 11. The Kier molecular flexibility index (Phi) is 9.16. The number of fused-ring (bicyclic) bond motifs is 1. The van der Waals surface area contributed by atoms with E-state index in [1.807, 2.05) is 0 Å². The number of aliphatic carboxylic acids is 1. The summed E-state index contributed by atoms with van der Waals surface area (Å²) in [5.41, 5.74) is 12.6. The number of anilines is 1. The highest BCUT2D eigenvalue weighted by molar-refractivity contribution is 7.85. The number of aliphatic imine (C=N–C) groups is 2. The zero-order valence-corrected chi connectivity index (χ0v) is 20.8. The Morgan fingerprint density at radius 2 is 1.78 bits per heavy atom. The lowest BCUT2D eigenvalue weighted by atomic mass is 10.0. The van der Waals surface area contributed by atoms with Gasteiger partial charge < -0.3 is 27.2 Å². The van der Waals surface area contributed by atoms with Crippen LogP contribution in [0.15, 0.2) is 58.5 Å². The van der Waals surface area contributed by atoms with E-state index >= 15 is 0 Å². The van der Waals surface area contributed by atoms with Crippen molar-refractivity contribution in [1.82, 2.24) is 5.32 Å². The molecule has 0 saturated carbocycles. The van der Waals surface area contributed by atoms with Crippen molar-refractivity contribution in [3.63, 3.8) is 0 Å². The van der Waals surface area contributed by atoms with Crippen molar-refractivity contribution in [2.24, 2.45) is 21.5 Å². The topological polar surface area (TPSA) is 189 Å². The van der Waals surface area contributed by atoms with E-state index in [0.29, 0.717) is 48.3 Å². The standard InChI is InChI=1S/C25H28N6O5S/c1-37(36)22-17-6-2-3-7-18(17)30-21(22)23(33)31-19(24(34)35)14-15-9-11-16(12-10-15)29-20(32)8-4-5-13-28-25(26)27/h2-3,6-7,9-12,19H,1,4-5,8,13-14H2,(H,29,32)(H,31,33)(H,34,35)(H4,26,27,28). The molecule has 2 amide bonds. The van der Waals surface area contributed by atoms with Gasteiger partial charge in [0.15, 0.2) is 5.96 Å². The summed E-state index contributed by atoms with van der Waals surface area (Å²) in [5.74, 6) is 1.37. The molecule has 0 spiro atoms. The van der Waals surface area contributed by atoms with Crippen molar-refractivity contribution >= 4 is 61.5 Å². The highest BCUT2D eigenvalue weighted by Crippen LogP contribution is 2.26. The van der Waals surface area contributed by atoms with Crippen LogP contribution in [0.2, 0.25) is 0 Å². The largest absolute Gasteiger partial charge is 0.480 e. The molecule has 2 aromatic rings. The van der Waals surface area contributed by atoms with E-state index in [1.165, 1.54) is 0 Å². The number of carbonyl (C=O) groups excluding carboxylic acids is 2. The summed E-state index contributed by atoms with van der Waals surface area (Å²) in [4.78, 5) is 45.1. The van der Waals surface area contributed by atoms with E-state index in [0.717, 1.165) is 0 Å². The maximum absolute atomic E-state index is 12.9. The lowest BCUT2D eigenvalue weighted by Crippen LogP contribution is -2.46. The third-order valence-electron chi connectivity index (χ3n) is 5.43. The Morgan fingerprint density at radius 3 is 2.43 bits per heavy atom. The highest BCUT2D eigenvalue weighted by Gasteiger charge is 2.30. The normalized spacial score (nSPS) is 12.6. The first kappa shape index (κ1) is 27.1. The van der Waals surface area contributed by atoms with Crippen LogP contribution in [0.5, 0.6) is 0 Å². The Balaban J connectivity index is 1.59. The third-order valence-corrected chi connectivity index (χ3v) is 6.29. The number of nitrogens with one attached hydrogen (secondary N) is 2. The van der Waals surface area contributed by atoms with E-state index in [-0.39, 0.29) is 28.9 Å². The van der Waals surface area contributed by atoms with E-state index in [9.17, 15) is 23.7 Å². The van der Waals surface area contributed by atoms with Crippen LogP contribution in [0.1, 0.15) is 30.4 Å². The fourth-order valence-electron chi connectivity index (χ4n) is 3.66. The lowest BCUT2D eigenvalue weighted by molar-refractivity contribution is -0.141. The van der Waals surface area contributed by atoms with Crippen LogP contribution in [0.4, 0.5) is 11.4 Å². The summed E-state index contributed by atoms with van der Waals surface area (Å²) in [5, 5.41) is 14.9. The van der Waals surface area contributed by atoms with Crippen molar-refractivity contribution in [1.29, 1.82) is 0 Å². The predicted octanol–water partition coefficient (Wildman–Crippen LogP) is 0.668. The molecule has 1 heterocycles. The maximum Gasteiger partial charge on any atom is 0.326 e. The molecule has 1 aliphatic rings. The van der Waals surface area contributed by atoms with Gasteiger partial charge in [-0.2, -0.15) is 0 Å². The van der Waals surface area contributed by atoms with Crippen LogP contribution in [-0.2, 0) is 30.8 Å². The number of hydrogen-bond donors (Lipinski definition) is 5. The summed E-state index contributed by atoms with van der Waals surface area (Å²) >= 11 is 0. The van der Waals surface area contributed by atoms with E-state index < -0.39 is 27.9 Å². The second-order valence-corrected chi connectivity index (χ2v) is 9.33. The Labute approximate surface area is 215 Å². The van der Waals surface area contributed by atoms with E-state index in [2.05, 4.69) is 26.5 Å². The zero-order chi connectivity index (χ0) is 26.9. The van der Waals surface area contributed by atoms with Gasteiger partial charge in [0.1, 0.15) is 11.8 Å². The summed E-state index contributed by atoms with van der Waals surface area (Å²) in [6, 6.07) is 12.2. The number of nitrogens with two attached hydrogens (primary N) is 2. The first-order valence-corrected chi connectivity index (χ1v) is 12.7. The van der Waals surface area contributed by atoms with Crippen molar-refractivity contribution < 1.29 is 23.7 Å². The summed E-state index contributed by atoms with van der Waals surface area (Å²) in [7, 11) is -1.75. The van der Waals surface area contributed by atoms with E-state index in [4.69, 9.17) is 11.5 Å². The Morgan fingerprint density at radius 1 is 1.08 bits per heavy atom. The second-order valence-electron chi connectivity index (χ2n) is 8.23. The quantitative estimate of drug-likeness (QED) is 0.123. The number of carboxylic acid groups (broad SMARTS) is 1. The average Bonchev–Trinajstić information content (AvgIpc) is 3.24. The summed E-state index contributed by atoms with van der Waals surface area (Å²) in [6.45, 7) is 0.457. The molecule has 0 radical (unpaired) electrons. The number of amides is 2. The molecule has 12 heteroatoms. The molecule has 0 aliphatic carbocycles. The van der Waals surface area contributed by atoms with Crippen molar-refractivity contribution in [2.75, 3.05) is 11.9 Å². The number of carbonyl (C=O) groups is 3. The number of para-hydroxylation sites is 1. The number of unbranched alkanes of at least 4 members (excludes halogenated alkanes) is 1. The Hall–Kier alpha value is -4.45. The van der Waals surface area contributed by atoms with Crippen LogP contribution in [0, 0.1) is 0 Å². The van der Waals surface area contributed by atoms with Gasteiger partial charge in [-0.15, -0.1) is 0 Å². The summed E-state index contributed by atoms with van der Waals surface area (Å²) in [6.07, 6.45) is 1.59. The van der Waals surface area contributed by atoms with Crippen molar-refractivity contribution in [3.8, 4) is 0 Å². The monoisotopic (exact) mass is 524 g/mol. The average molecular weight is 525 g/mol. The molecule has 0 saturated heterocycles. The number of guanidine groups is 1. The second kappa shape index (κ2) is 12.5. The van der Waals surface area contributed by atoms with Crippen LogP contribution >= 0.6 is 0 Å². The minimum Gasteiger partial charge on any atom is -0.480 e. The van der Waals surface area contributed by atoms with Gasteiger partial charge in [0.05, 0.1) is 10.6 Å². The molecule has 37 heavy (non-hydrogen) atoms. The van der Waals surface area contributed by atoms with Gasteiger partial charge in [-0.25, -0.2) is 14.0 Å². The van der Waals surface area contributed by atoms with E-state index in [1.54, 1.807) is 48.5 Å². The van der Waals surface area contributed by atoms with Gasteiger partial charge in [-0.1, -0.05) is 30.3 Å². The molecule has 0 bridgehead atoms. The third kappa shape index (κ3) is 7.51. The molecular weight excluding hydrogens is 496 g/mol. The minimum absolute atomic E-state index is 0.0108. The van der Waals surface area contributed by atoms with Gasteiger partial charge >= 0.3 is 5.97 Å². The van der Waals surface area contributed by atoms with Gasteiger partial charge in [0.25, 0.3) is 5.91 Å². The van der Waals surface area contributed by atoms with Gasteiger partial charge in [-0.05, 0) is 42.5 Å². The molecule has 0 aromatic heterocycles. The summed E-state index contributed by atoms with van der Waals surface area (Å²) < 4.78 is 12.2. The fraction of sp³-hybridized carbons (Fsp3) is 0.240. The van der Waals surface area contributed by atoms with Crippen molar-refractivity contribution in [2.45, 2.75) is 31.7 Å². The molecule has 11 nitrogen and oxygen atoms in total. The molecule has 3 rings (SSSR count). The molecule has 7 N–H and O–H groups in total. The Bertz CT molecular complexity index is 1380. The van der Waals surface area contributed by atoms with Gasteiger partial charge in [0.2, 0.25) is 5.91 Å². The number of benzene rings is 2. The smallest absolute Gasteiger partial charge is 0.326 e. The molecule has 1 aliphatic heterocycles. The SMILES string of the molecule is C=S(=O)=C1C(C(=O)NC(Cc2ccc(NC(=O)CCCCN=C(N)N)cc2)C(=O)O)=Nc2ccccc21.